The van der Waals surface area contributed by atoms with Gasteiger partial charge in [-0.05, 0) is 37.5 Å². The van der Waals surface area contributed by atoms with E-state index in [0.717, 1.165) is 0 Å². The molecule has 3 N–H and O–H groups in total. The van der Waals surface area contributed by atoms with E-state index in [4.69, 9.17) is 0 Å². The molecule has 0 amide bonds. The van der Waals surface area contributed by atoms with Crippen LogP contribution in [-0.2, 0) is 10.0 Å². The zero-order valence-corrected chi connectivity index (χ0v) is 18.2. The third-order valence-corrected chi connectivity index (χ3v) is 4.36. The third-order valence-electron chi connectivity index (χ3n) is 3.07. The van der Waals surface area contributed by atoms with E-state index in [-0.39, 0.29) is 42.0 Å². The second-order valence-electron chi connectivity index (χ2n) is 5.93. The van der Waals surface area contributed by atoms with Crippen molar-refractivity contribution in [2.24, 2.45) is 10.9 Å². The number of aliphatic imine (C=N–C) groups is 1. The summed E-state index contributed by atoms with van der Waals surface area (Å²) in [6.07, 6.45) is 0. The summed E-state index contributed by atoms with van der Waals surface area (Å²) in [5.41, 5.74) is 0.690. The van der Waals surface area contributed by atoms with Crippen LogP contribution >= 0.6 is 24.0 Å². The van der Waals surface area contributed by atoms with Crippen LogP contribution in [0.25, 0.3) is 0 Å². The van der Waals surface area contributed by atoms with Gasteiger partial charge in [0.25, 0.3) is 0 Å². The van der Waals surface area contributed by atoms with Crippen LogP contribution in [0, 0.1) is 18.7 Å². The smallest absolute Gasteiger partial charge is 0.234 e. The molecule has 0 aliphatic heterocycles. The molecule has 0 heterocycles. The van der Waals surface area contributed by atoms with E-state index in [9.17, 15) is 12.8 Å². The molecule has 9 heteroatoms. The monoisotopic (exact) mass is 486 g/mol. The third kappa shape index (κ3) is 9.83. The molecule has 25 heavy (non-hydrogen) atoms. The first kappa shape index (κ1) is 23.9. The average Bonchev–Trinajstić information content (AvgIpc) is 2.48. The maximum absolute atomic E-state index is 13.5. The Morgan fingerprint density at radius 2 is 1.96 bits per heavy atom. The van der Waals surface area contributed by atoms with Gasteiger partial charge >= 0.3 is 0 Å². The molecule has 0 saturated carbocycles. The van der Waals surface area contributed by atoms with E-state index in [1.54, 1.807) is 6.92 Å². The Labute approximate surface area is 167 Å². The van der Waals surface area contributed by atoms with Crippen LogP contribution < -0.4 is 15.4 Å². The summed E-state index contributed by atoms with van der Waals surface area (Å²) in [6.45, 7) is 9.23. The van der Waals surface area contributed by atoms with Gasteiger partial charge in [-0.15, -0.1) is 24.0 Å². The van der Waals surface area contributed by atoms with Crippen molar-refractivity contribution in [3.05, 3.63) is 29.6 Å². The number of nitrogens with zero attached hydrogens (tertiary/aromatic N) is 1. The Hall–Kier alpha value is -1.10. The maximum atomic E-state index is 13.5. The van der Waals surface area contributed by atoms with Gasteiger partial charge in [0.2, 0.25) is 10.0 Å². The first-order chi connectivity index (χ1) is 11.2. The summed E-state index contributed by atoms with van der Waals surface area (Å²) in [6, 6.07) is 4.25. The fourth-order valence-electron chi connectivity index (χ4n) is 1.81. The minimum absolute atomic E-state index is 0. The van der Waals surface area contributed by atoms with Crippen LogP contribution in [-0.4, -0.2) is 39.8 Å². The standard InChI is InChI=1S/C16H27FN4O2S.HI/c1-5-18-16(20-11-12(2)3)19-8-9-24(22,23)21-14-7-6-13(4)15(17)10-14;/h6-7,10,12,21H,5,8-9,11H2,1-4H3,(H2,18,19,20);1H. The van der Waals surface area contributed by atoms with Crippen LogP contribution in [0.4, 0.5) is 10.1 Å². The summed E-state index contributed by atoms with van der Waals surface area (Å²) >= 11 is 0. The molecule has 0 aliphatic carbocycles. The number of sulfonamides is 1. The molecule has 0 bridgehead atoms. The van der Waals surface area contributed by atoms with Crippen LogP contribution in [0.3, 0.4) is 0 Å². The lowest BCUT2D eigenvalue weighted by Crippen LogP contribution is -2.40. The molecule has 0 saturated heterocycles. The first-order valence-electron chi connectivity index (χ1n) is 8.02. The summed E-state index contributed by atoms with van der Waals surface area (Å²) in [7, 11) is -3.57. The highest BCUT2D eigenvalue weighted by Gasteiger charge is 2.11. The van der Waals surface area contributed by atoms with Crippen LogP contribution in [0.15, 0.2) is 23.2 Å². The molecular formula is C16H28FIN4O2S. The van der Waals surface area contributed by atoms with Gasteiger partial charge in [0, 0.05) is 19.6 Å². The van der Waals surface area contributed by atoms with E-state index in [0.29, 0.717) is 30.5 Å². The average molecular weight is 486 g/mol. The van der Waals surface area contributed by atoms with Crippen molar-refractivity contribution in [3.8, 4) is 0 Å². The number of hydrogen-bond acceptors (Lipinski definition) is 3. The highest BCUT2D eigenvalue weighted by Crippen LogP contribution is 2.14. The highest BCUT2D eigenvalue weighted by atomic mass is 127. The fourth-order valence-corrected chi connectivity index (χ4v) is 2.77. The molecular weight excluding hydrogens is 458 g/mol. The molecule has 1 aromatic carbocycles. The van der Waals surface area contributed by atoms with Gasteiger partial charge in [0.1, 0.15) is 5.82 Å². The van der Waals surface area contributed by atoms with Gasteiger partial charge in [-0.3, -0.25) is 9.71 Å². The number of rotatable bonds is 8. The molecule has 1 rings (SSSR count). The van der Waals surface area contributed by atoms with E-state index >= 15 is 0 Å². The lowest BCUT2D eigenvalue weighted by atomic mass is 10.2. The number of anilines is 1. The molecule has 0 aliphatic rings. The molecule has 6 nitrogen and oxygen atoms in total. The van der Waals surface area contributed by atoms with Gasteiger partial charge < -0.3 is 10.6 Å². The van der Waals surface area contributed by atoms with Crippen LogP contribution in [0.5, 0.6) is 0 Å². The molecule has 1 aromatic rings. The maximum Gasteiger partial charge on any atom is 0.234 e. The predicted molar refractivity (Wildman–Crippen MR) is 113 cm³/mol. The highest BCUT2D eigenvalue weighted by molar-refractivity contribution is 14.0. The van der Waals surface area contributed by atoms with E-state index in [1.165, 1.54) is 18.2 Å². The SMILES string of the molecule is CCNC(=NCC(C)C)NCCS(=O)(=O)Nc1ccc(C)c(F)c1.I. The zero-order chi connectivity index (χ0) is 18.2. The van der Waals surface area contributed by atoms with E-state index in [1.807, 2.05) is 6.92 Å². The predicted octanol–water partition coefficient (Wildman–Crippen LogP) is 2.70. The largest absolute Gasteiger partial charge is 0.357 e. The molecule has 0 unspecified atom stereocenters. The summed E-state index contributed by atoms with van der Waals surface area (Å²) in [5, 5.41) is 6.05. The van der Waals surface area contributed by atoms with Crippen molar-refractivity contribution in [2.45, 2.75) is 27.7 Å². The quantitative estimate of drug-likeness (QED) is 0.300. The Kier molecular flexibility index (Phi) is 11.0. The van der Waals surface area contributed by atoms with E-state index in [2.05, 4.69) is 34.2 Å². The Bertz CT molecular complexity index is 666. The topological polar surface area (TPSA) is 82.6 Å². The van der Waals surface area contributed by atoms with E-state index < -0.39 is 15.8 Å². The number of benzene rings is 1. The first-order valence-corrected chi connectivity index (χ1v) is 9.67. The Morgan fingerprint density at radius 3 is 2.52 bits per heavy atom. The summed E-state index contributed by atoms with van der Waals surface area (Å²) < 4.78 is 40.0. The Balaban J connectivity index is 0.00000576. The second-order valence-corrected chi connectivity index (χ2v) is 7.77. The number of nitrogens with one attached hydrogen (secondary N) is 3. The van der Waals surface area contributed by atoms with Gasteiger partial charge in [-0.1, -0.05) is 19.9 Å². The molecule has 0 atom stereocenters. The Morgan fingerprint density at radius 1 is 1.28 bits per heavy atom. The summed E-state index contributed by atoms with van der Waals surface area (Å²) in [4.78, 5) is 4.37. The number of halogens is 2. The van der Waals surface area contributed by atoms with Gasteiger partial charge in [-0.2, -0.15) is 0 Å². The van der Waals surface area contributed by atoms with Crippen molar-refractivity contribution in [2.75, 3.05) is 30.1 Å². The minimum atomic E-state index is -3.57. The van der Waals surface area contributed by atoms with Crippen molar-refractivity contribution in [3.63, 3.8) is 0 Å². The fraction of sp³-hybridized carbons (Fsp3) is 0.562. The number of hydrogen-bond donors (Lipinski definition) is 3. The minimum Gasteiger partial charge on any atom is -0.357 e. The molecule has 144 valence electrons. The zero-order valence-electron chi connectivity index (χ0n) is 15.1. The summed E-state index contributed by atoms with van der Waals surface area (Å²) in [5.74, 6) is 0.419. The lowest BCUT2D eigenvalue weighted by Gasteiger charge is -2.13. The van der Waals surface area contributed by atoms with Gasteiger partial charge in [-0.25, -0.2) is 12.8 Å². The van der Waals surface area contributed by atoms with Crippen LogP contribution in [0.2, 0.25) is 0 Å². The molecule has 0 aromatic heterocycles. The van der Waals surface area contributed by atoms with Gasteiger partial charge in [0.05, 0.1) is 11.4 Å². The van der Waals surface area contributed by atoms with Crippen LogP contribution in [0.1, 0.15) is 26.3 Å². The van der Waals surface area contributed by atoms with Crippen molar-refractivity contribution < 1.29 is 12.8 Å². The molecule has 0 spiro atoms. The van der Waals surface area contributed by atoms with Crippen molar-refractivity contribution in [1.29, 1.82) is 0 Å². The lowest BCUT2D eigenvalue weighted by molar-refractivity contribution is 0.599. The van der Waals surface area contributed by atoms with Crippen molar-refractivity contribution in [1.82, 2.24) is 10.6 Å². The van der Waals surface area contributed by atoms with Gasteiger partial charge in [0.15, 0.2) is 5.96 Å². The molecule has 0 fully saturated rings. The number of aryl methyl sites for hydroxylation is 1. The number of guanidine groups is 1. The van der Waals surface area contributed by atoms with Crippen molar-refractivity contribution >= 4 is 45.6 Å². The second kappa shape index (κ2) is 11.5. The molecule has 0 radical (unpaired) electrons. The normalized spacial score (nSPS) is 11.8.